The number of hydrogen-bond acceptors (Lipinski definition) is 3. The van der Waals surface area contributed by atoms with Gasteiger partial charge >= 0.3 is 0 Å². The van der Waals surface area contributed by atoms with E-state index in [9.17, 15) is 4.79 Å². The fraction of sp³-hybridized carbons (Fsp3) is 0.500. The number of benzene rings is 1. The van der Waals surface area contributed by atoms with Gasteiger partial charge in [0.15, 0.2) is 0 Å². The number of amides is 1. The summed E-state index contributed by atoms with van der Waals surface area (Å²) in [5.41, 5.74) is 7.37. The van der Waals surface area contributed by atoms with Crippen molar-refractivity contribution in [2.75, 3.05) is 11.9 Å². The third-order valence-electron chi connectivity index (χ3n) is 2.84. The van der Waals surface area contributed by atoms with E-state index in [-0.39, 0.29) is 30.3 Å². The lowest BCUT2D eigenvalue weighted by atomic mass is 9.87. The van der Waals surface area contributed by atoms with Crippen LogP contribution in [0.2, 0.25) is 0 Å². The van der Waals surface area contributed by atoms with Gasteiger partial charge in [-0.15, -0.1) is 12.4 Å². The number of nitrogens with one attached hydrogen (secondary N) is 1. The molecule has 0 aliphatic carbocycles. The number of aliphatic hydroxyl groups excluding tert-OH is 1. The van der Waals surface area contributed by atoms with Gasteiger partial charge in [-0.1, -0.05) is 32.9 Å². The molecule has 0 radical (unpaired) electrons. The van der Waals surface area contributed by atoms with E-state index < -0.39 is 6.04 Å². The molecule has 19 heavy (non-hydrogen) atoms. The Balaban J connectivity index is 0.00000324. The molecule has 108 valence electrons. The first-order valence-electron chi connectivity index (χ1n) is 6.11. The molecule has 0 bridgehead atoms. The van der Waals surface area contributed by atoms with Crippen molar-refractivity contribution >= 4 is 24.0 Å². The van der Waals surface area contributed by atoms with Gasteiger partial charge in [0.05, 0.1) is 6.04 Å². The van der Waals surface area contributed by atoms with Crippen molar-refractivity contribution in [3.63, 3.8) is 0 Å². The number of aliphatic hydroxyl groups is 1. The molecule has 0 aromatic heterocycles. The number of nitrogens with two attached hydrogens (primary N) is 1. The van der Waals surface area contributed by atoms with E-state index in [4.69, 9.17) is 10.8 Å². The van der Waals surface area contributed by atoms with Gasteiger partial charge in [0, 0.05) is 12.3 Å². The van der Waals surface area contributed by atoms with Gasteiger partial charge in [-0.2, -0.15) is 0 Å². The Kier molecular flexibility index (Phi) is 7.05. The standard InChI is InChI=1S/C14H22N2O2.ClH/c1-14(2,3)12(15)13(18)16-11-6-4-10(5-7-11)8-9-17;/h4-7,12,17H,8-9,15H2,1-3H3,(H,16,18);1H/t12-;/m1./s1. The van der Waals surface area contributed by atoms with Crippen LogP contribution in [0.25, 0.3) is 0 Å². The van der Waals surface area contributed by atoms with Crippen molar-refractivity contribution in [1.82, 2.24) is 0 Å². The van der Waals surface area contributed by atoms with Crippen LogP contribution in [-0.2, 0) is 11.2 Å². The molecule has 1 amide bonds. The lowest BCUT2D eigenvalue weighted by molar-refractivity contribution is -0.119. The number of hydrogen-bond donors (Lipinski definition) is 3. The van der Waals surface area contributed by atoms with E-state index >= 15 is 0 Å². The quantitative estimate of drug-likeness (QED) is 0.792. The van der Waals surface area contributed by atoms with Gasteiger partial charge in [0.1, 0.15) is 0 Å². The average Bonchev–Trinajstić information content (AvgIpc) is 2.30. The van der Waals surface area contributed by atoms with Crippen molar-refractivity contribution < 1.29 is 9.90 Å². The van der Waals surface area contributed by atoms with Crippen LogP contribution in [0, 0.1) is 5.41 Å². The molecule has 4 N–H and O–H groups in total. The van der Waals surface area contributed by atoms with Crippen LogP contribution in [-0.4, -0.2) is 23.7 Å². The average molecular weight is 287 g/mol. The predicted molar refractivity (Wildman–Crippen MR) is 80.5 cm³/mol. The van der Waals surface area contributed by atoms with Crippen LogP contribution in [0.5, 0.6) is 0 Å². The van der Waals surface area contributed by atoms with Gasteiger partial charge < -0.3 is 16.2 Å². The lowest BCUT2D eigenvalue weighted by Gasteiger charge is -2.25. The summed E-state index contributed by atoms with van der Waals surface area (Å²) in [7, 11) is 0. The third-order valence-corrected chi connectivity index (χ3v) is 2.84. The molecular weight excluding hydrogens is 264 g/mol. The molecule has 0 unspecified atom stereocenters. The fourth-order valence-corrected chi connectivity index (χ4v) is 1.50. The Labute approximate surface area is 120 Å². The molecule has 0 spiro atoms. The van der Waals surface area contributed by atoms with Crippen LogP contribution in [0.3, 0.4) is 0 Å². The topological polar surface area (TPSA) is 75.4 Å². The number of rotatable bonds is 4. The van der Waals surface area contributed by atoms with E-state index in [0.29, 0.717) is 6.42 Å². The second kappa shape index (κ2) is 7.48. The van der Waals surface area contributed by atoms with Crippen molar-refractivity contribution in [3.05, 3.63) is 29.8 Å². The van der Waals surface area contributed by atoms with Crippen molar-refractivity contribution in [3.8, 4) is 0 Å². The van der Waals surface area contributed by atoms with Gasteiger partial charge in [-0.05, 0) is 29.5 Å². The second-order valence-electron chi connectivity index (χ2n) is 5.50. The zero-order valence-electron chi connectivity index (χ0n) is 11.6. The minimum atomic E-state index is -0.547. The number of anilines is 1. The maximum atomic E-state index is 11.9. The Morgan fingerprint density at radius 2 is 1.84 bits per heavy atom. The third kappa shape index (κ3) is 5.59. The molecule has 4 nitrogen and oxygen atoms in total. The molecule has 1 aromatic rings. The normalized spacial score (nSPS) is 12.5. The lowest BCUT2D eigenvalue weighted by Crippen LogP contribution is -2.45. The van der Waals surface area contributed by atoms with Gasteiger partial charge in [0.2, 0.25) is 5.91 Å². The Hall–Kier alpha value is -1.10. The van der Waals surface area contributed by atoms with Crippen LogP contribution in [0.15, 0.2) is 24.3 Å². The summed E-state index contributed by atoms with van der Waals surface area (Å²) in [5, 5.41) is 11.6. The van der Waals surface area contributed by atoms with E-state index in [1.54, 1.807) is 0 Å². The number of carbonyl (C=O) groups excluding carboxylic acids is 1. The summed E-state index contributed by atoms with van der Waals surface area (Å²) in [6, 6.07) is 6.86. The molecule has 0 heterocycles. The van der Waals surface area contributed by atoms with Crippen LogP contribution in [0.4, 0.5) is 5.69 Å². The molecular formula is C14H23ClN2O2. The van der Waals surface area contributed by atoms with Gasteiger partial charge in [-0.25, -0.2) is 0 Å². The minimum Gasteiger partial charge on any atom is -0.396 e. The molecule has 5 heteroatoms. The first kappa shape index (κ1) is 17.9. The summed E-state index contributed by atoms with van der Waals surface area (Å²) in [4.78, 5) is 11.9. The van der Waals surface area contributed by atoms with Gasteiger partial charge in [-0.3, -0.25) is 4.79 Å². The molecule has 1 aromatic carbocycles. The second-order valence-corrected chi connectivity index (χ2v) is 5.50. The summed E-state index contributed by atoms with van der Waals surface area (Å²) in [5.74, 6) is -0.183. The van der Waals surface area contributed by atoms with E-state index in [1.165, 1.54) is 0 Å². The highest BCUT2D eigenvalue weighted by Gasteiger charge is 2.27. The van der Waals surface area contributed by atoms with E-state index in [1.807, 2.05) is 45.0 Å². The zero-order chi connectivity index (χ0) is 13.8. The summed E-state index contributed by atoms with van der Waals surface area (Å²) in [6.45, 7) is 5.92. The van der Waals surface area contributed by atoms with Crippen molar-refractivity contribution in [2.45, 2.75) is 33.2 Å². The van der Waals surface area contributed by atoms with Crippen LogP contribution < -0.4 is 11.1 Å². The first-order valence-corrected chi connectivity index (χ1v) is 6.11. The van der Waals surface area contributed by atoms with Crippen molar-refractivity contribution in [2.24, 2.45) is 11.1 Å². The highest BCUT2D eigenvalue weighted by Crippen LogP contribution is 2.19. The van der Waals surface area contributed by atoms with Crippen LogP contribution >= 0.6 is 12.4 Å². The first-order chi connectivity index (χ1) is 8.34. The maximum Gasteiger partial charge on any atom is 0.241 e. The van der Waals surface area contributed by atoms with Crippen LogP contribution in [0.1, 0.15) is 26.3 Å². The largest absolute Gasteiger partial charge is 0.396 e. The zero-order valence-corrected chi connectivity index (χ0v) is 12.5. The smallest absolute Gasteiger partial charge is 0.241 e. The summed E-state index contributed by atoms with van der Waals surface area (Å²) < 4.78 is 0. The Morgan fingerprint density at radius 1 is 1.32 bits per heavy atom. The SMILES string of the molecule is CC(C)(C)[C@H](N)C(=O)Nc1ccc(CCO)cc1.Cl. The minimum absolute atomic E-state index is 0. The Morgan fingerprint density at radius 3 is 2.26 bits per heavy atom. The number of carbonyl (C=O) groups is 1. The van der Waals surface area contributed by atoms with E-state index in [2.05, 4.69) is 5.32 Å². The molecule has 1 rings (SSSR count). The number of halogens is 1. The maximum absolute atomic E-state index is 11.9. The molecule has 1 atom stereocenters. The van der Waals surface area contributed by atoms with E-state index in [0.717, 1.165) is 11.3 Å². The summed E-state index contributed by atoms with van der Waals surface area (Å²) >= 11 is 0. The molecule has 0 saturated heterocycles. The highest BCUT2D eigenvalue weighted by molar-refractivity contribution is 5.95. The molecule has 0 aliphatic rings. The van der Waals surface area contributed by atoms with Crippen molar-refractivity contribution in [1.29, 1.82) is 0 Å². The monoisotopic (exact) mass is 286 g/mol. The Bertz CT molecular complexity index is 399. The van der Waals surface area contributed by atoms with Gasteiger partial charge in [0.25, 0.3) is 0 Å². The molecule has 0 saturated carbocycles. The highest BCUT2D eigenvalue weighted by atomic mass is 35.5. The predicted octanol–water partition coefficient (Wildman–Crippen LogP) is 1.96. The molecule has 0 aliphatic heterocycles. The molecule has 0 fully saturated rings. The summed E-state index contributed by atoms with van der Waals surface area (Å²) in [6.07, 6.45) is 0.621. The fourth-order valence-electron chi connectivity index (χ4n) is 1.50.